The van der Waals surface area contributed by atoms with E-state index in [0.29, 0.717) is 46.0 Å². The van der Waals surface area contributed by atoms with E-state index in [4.69, 9.17) is 18.9 Å². The molecule has 2 aliphatic carbocycles. The van der Waals surface area contributed by atoms with Gasteiger partial charge in [0.25, 0.3) is 0 Å². The van der Waals surface area contributed by atoms with E-state index in [-0.39, 0.29) is 10.8 Å². The molecule has 2 aliphatic heterocycles. The number of hydrogen-bond donors (Lipinski definition) is 0. The van der Waals surface area contributed by atoms with Gasteiger partial charge in [-0.25, -0.2) is 0 Å². The molecule has 2 heterocycles. The third-order valence-electron chi connectivity index (χ3n) is 22.3. The number of para-hydroxylation sites is 6. The van der Waals surface area contributed by atoms with Crippen LogP contribution in [0.4, 0.5) is 68.2 Å². The van der Waals surface area contributed by atoms with Crippen LogP contribution < -0.4 is 38.5 Å². The minimum Gasteiger partial charge on any atom is -0.449 e. The third-order valence-corrected chi connectivity index (χ3v) is 22.3. The van der Waals surface area contributed by atoms with Crippen LogP contribution in [0.5, 0.6) is 46.0 Å². The lowest BCUT2D eigenvalue weighted by Gasteiger charge is -2.35. The van der Waals surface area contributed by atoms with Crippen LogP contribution in [-0.2, 0) is 10.8 Å². The summed E-state index contributed by atoms with van der Waals surface area (Å²) in [5.74, 6) is 5.21. The monoisotopic (exact) mass is 1420 g/mol. The number of rotatable bonds is 15. The van der Waals surface area contributed by atoms with Gasteiger partial charge in [0.15, 0.2) is 46.0 Å². The van der Waals surface area contributed by atoms with Crippen LogP contribution in [0, 0.1) is 0 Å². The average Bonchev–Trinajstić information content (AvgIpc) is 1.51. The predicted molar refractivity (Wildman–Crippen MR) is 450 cm³/mol. The quantitative estimate of drug-likeness (QED) is 0.101. The van der Waals surface area contributed by atoms with Crippen molar-refractivity contribution >= 4 is 68.2 Å². The van der Waals surface area contributed by atoms with Crippen LogP contribution in [0.3, 0.4) is 0 Å². The first-order valence-electron chi connectivity index (χ1n) is 37.6. The predicted octanol–water partition coefficient (Wildman–Crippen LogP) is 29.0. The smallest absolute Gasteiger partial charge is 0.172 e. The maximum atomic E-state index is 7.13. The fourth-order valence-electron chi connectivity index (χ4n) is 16.8. The molecule has 110 heavy (non-hydrogen) atoms. The van der Waals surface area contributed by atoms with E-state index in [1.54, 1.807) is 0 Å². The van der Waals surface area contributed by atoms with Crippen LogP contribution in [0.25, 0.3) is 55.6 Å². The second-order valence-corrected chi connectivity index (χ2v) is 29.6. The summed E-state index contributed by atoms with van der Waals surface area (Å²) < 4.78 is 28.5. The molecule has 0 atom stereocenters. The maximum absolute atomic E-state index is 7.13. The maximum Gasteiger partial charge on any atom is 0.172 e. The van der Waals surface area contributed by atoms with Gasteiger partial charge in [0.1, 0.15) is 0 Å². The molecule has 0 amide bonds. The first kappa shape index (κ1) is 65.4. The molecule has 0 unspecified atom stereocenters. The van der Waals surface area contributed by atoms with Crippen molar-refractivity contribution < 1.29 is 18.9 Å². The molecule has 0 radical (unpaired) electrons. The topological polar surface area (TPSA) is 49.9 Å². The van der Waals surface area contributed by atoms with Gasteiger partial charge in [-0.05, 0) is 205 Å². The molecule has 8 nitrogen and oxygen atoms in total. The van der Waals surface area contributed by atoms with Crippen molar-refractivity contribution in [3.63, 3.8) is 0 Å². The summed E-state index contributed by atoms with van der Waals surface area (Å²) in [6.45, 7) is 9.23. The summed E-state index contributed by atoms with van der Waals surface area (Å²) in [5, 5.41) is 0. The van der Waals surface area contributed by atoms with E-state index in [1.807, 2.05) is 0 Å². The number of nitrogens with zero attached hydrogens (tertiary/aromatic N) is 4. The van der Waals surface area contributed by atoms with Crippen molar-refractivity contribution in [1.29, 1.82) is 0 Å². The highest BCUT2D eigenvalue weighted by molar-refractivity contribution is 5.97. The lowest BCUT2D eigenvalue weighted by atomic mass is 9.81. The zero-order valence-corrected chi connectivity index (χ0v) is 61.2. The Morgan fingerprint density at radius 3 is 0.745 bits per heavy atom. The summed E-state index contributed by atoms with van der Waals surface area (Å²) in [6.07, 6.45) is 0. The molecule has 0 spiro atoms. The normalized spacial score (nSPS) is 13.2. The van der Waals surface area contributed by atoms with Crippen LogP contribution in [0.15, 0.2) is 376 Å². The number of ether oxygens (including phenoxy) is 4. The summed E-state index contributed by atoms with van der Waals surface area (Å²) in [5.41, 5.74) is 27.4. The van der Waals surface area contributed by atoms with Gasteiger partial charge in [0.2, 0.25) is 0 Å². The Hall–Kier alpha value is -14.1. The van der Waals surface area contributed by atoms with Crippen LogP contribution in [0.1, 0.15) is 49.9 Å². The second-order valence-electron chi connectivity index (χ2n) is 29.6. The van der Waals surface area contributed by atoms with E-state index < -0.39 is 0 Å². The zero-order valence-electron chi connectivity index (χ0n) is 61.2. The highest BCUT2D eigenvalue weighted by Crippen LogP contribution is 2.61. The highest BCUT2D eigenvalue weighted by atomic mass is 16.6. The van der Waals surface area contributed by atoms with Crippen molar-refractivity contribution in [3.05, 3.63) is 398 Å². The number of hydrogen-bond acceptors (Lipinski definition) is 8. The van der Waals surface area contributed by atoms with Crippen molar-refractivity contribution in [2.45, 2.75) is 38.5 Å². The molecule has 526 valence electrons. The van der Waals surface area contributed by atoms with Gasteiger partial charge in [0.05, 0.1) is 22.7 Å². The van der Waals surface area contributed by atoms with Crippen molar-refractivity contribution in [2.24, 2.45) is 0 Å². The summed E-state index contributed by atoms with van der Waals surface area (Å²) in [6, 6.07) is 134. The summed E-state index contributed by atoms with van der Waals surface area (Å²) in [7, 11) is 0. The number of fused-ring (bicyclic) bond motifs is 10. The number of anilines is 12. The van der Waals surface area contributed by atoms with E-state index >= 15 is 0 Å². The molecule has 0 fully saturated rings. The van der Waals surface area contributed by atoms with Gasteiger partial charge in [-0.1, -0.05) is 252 Å². The second kappa shape index (κ2) is 26.4. The lowest BCUT2D eigenvalue weighted by Crippen LogP contribution is -2.18. The van der Waals surface area contributed by atoms with E-state index in [0.717, 1.165) is 113 Å². The fraction of sp³-hybridized carbons (Fsp3) is 0.0588. The molecular weight excluding hydrogens is 1350 g/mol. The first-order chi connectivity index (χ1) is 54.0. The molecule has 8 heteroatoms. The van der Waals surface area contributed by atoms with Gasteiger partial charge in [-0.3, -0.25) is 0 Å². The Balaban J connectivity index is 0.633. The molecular formula is C102H74N4O4. The van der Waals surface area contributed by atoms with Crippen molar-refractivity contribution in [3.8, 4) is 102 Å². The van der Waals surface area contributed by atoms with E-state index in [2.05, 4.69) is 423 Å². The summed E-state index contributed by atoms with van der Waals surface area (Å²) in [4.78, 5) is 9.26. The Labute approximate surface area is 641 Å². The Morgan fingerprint density at radius 2 is 0.400 bits per heavy atom. The molecule has 0 saturated heterocycles. The minimum absolute atomic E-state index is 0.222. The molecule has 4 aliphatic rings. The molecule has 0 N–H and O–H groups in total. The van der Waals surface area contributed by atoms with Gasteiger partial charge >= 0.3 is 0 Å². The van der Waals surface area contributed by atoms with E-state index in [9.17, 15) is 0 Å². The molecule has 0 bridgehead atoms. The third kappa shape index (κ3) is 11.3. The highest BCUT2D eigenvalue weighted by Gasteiger charge is 2.41. The zero-order chi connectivity index (χ0) is 73.6. The van der Waals surface area contributed by atoms with Crippen molar-refractivity contribution in [2.75, 3.05) is 19.6 Å². The first-order valence-corrected chi connectivity index (χ1v) is 37.6. The van der Waals surface area contributed by atoms with Gasteiger partial charge in [-0.2, -0.15) is 0 Å². The largest absolute Gasteiger partial charge is 0.449 e. The molecule has 0 aromatic heterocycles. The van der Waals surface area contributed by atoms with Crippen LogP contribution in [0.2, 0.25) is 0 Å². The Bertz CT molecular complexity index is 6100. The van der Waals surface area contributed by atoms with Crippen LogP contribution in [-0.4, -0.2) is 0 Å². The Kier molecular flexibility index (Phi) is 15.7. The molecule has 0 saturated carbocycles. The molecule has 16 aromatic carbocycles. The minimum atomic E-state index is -0.363. The standard InChI is InChI=1S/C102H74N4O4/c1-101(2)85-43-27-26-42-81(85)83-59-93-95(61-87(83)101)109-100-66-92(105(77-38-22-10-23-39-77)79-53-48-69(49-54-79)67-28-12-5-13-29-67)91(65-98(100)107-93)106(78-40-24-11-25-41-78)80-55-50-70(51-56-80)68-44-46-71(47-45-68)72-52-57-82-84-60-94-96(62-88(84)102(3,4)86(82)58-72)110-99-64-90(104(75-34-18-8-19-35-75)76-36-20-9-21-37-76)89(63-97(99)108-94)103(73-30-14-6-15-31-73)74-32-16-7-17-33-74/h5-66H,1-4H3. The Morgan fingerprint density at radius 1 is 0.173 bits per heavy atom. The molecule has 20 rings (SSSR count). The van der Waals surface area contributed by atoms with Crippen molar-refractivity contribution in [1.82, 2.24) is 0 Å². The van der Waals surface area contributed by atoms with Gasteiger partial charge in [0, 0.05) is 80.6 Å². The SMILES string of the molecule is CC1(C)c2ccccc2-c2cc3c(cc21)Oc1cc(N(c2ccccc2)c2ccc(-c4ccccc4)cc2)c(N(c2ccccc2)c2ccc(-c4ccc(-c5ccc6c(c5)C(C)(C)c5cc7c(cc5-6)Oc5cc(N(c6ccccc6)c6ccccc6)c(N(c6ccccc6)c6ccccc6)cc5O7)cc4)cc2)cc1O3. The van der Waals surface area contributed by atoms with Gasteiger partial charge < -0.3 is 38.5 Å². The summed E-state index contributed by atoms with van der Waals surface area (Å²) >= 11 is 0. The fourth-order valence-corrected chi connectivity index (χ4v) is 16.8. The van der Waals surface area contributed by atoms with Gasteiger partial charge in [-0.15, -0.1) is 0 Å². The molecule has 16 aromatic rings. The van der Waals surface area contributed by atoms with Crippen LogP contribution >= 0.6 is 0 Å². The average molecular weight is 1420 g/mol. The van der Waals surface area contributed by atoms with E-state index in [1.165, 1.54) is 33.4 Å². The number of benzene rings is 16. The lowest BCUT2D eigenvalue weighted by molar-refractivity contribution is 0.359.